The number of amides is 4. The Morgan fingerprint density at radius 1 is 1.00 bits per heavy atom. The fourth-order valence-corrected chi connectivity index (χ4v) is 7.94. The van der Waals surface area contributed by atoms with Gasteiger partial charge in [-0.25, -0.2) is 9.80 Å². The van der Waals surface area contributed by atoms with Crippen LogP contribution < -0.4 is 10.7 Å². The normalized spacial score (nSPS) is 17.8. The Hall–Kier alpha value is -3.54. The van der Waals surface area contributed by atoms with Gasteiger partial charge in [-0.1, -0.05) is 102 Å². The van der Waals surface area contributed by atoms with Crippen LogP contribution in [0.1, 0.15) is 122 Å². The molecule has 300 valence electrons. The van der Waals surface area contributed by atoms with Crippen LogP contribution in [0, 0.1) is 17.8 Å². The molecular formula is C43H67N5O6. The Balaban J connectivity index is 1.59. The third kappa shape index (κ3) is 13.6. The molecule has 0 spiro atoms. The van der Waals surface area contributed by atoms with Crippen molar-refractivity contribution in [2.45, 2.75) is 141 Å². The van der Waals surface area contributed by atoms with Crippen molar-refractivity contribution in [3.8, 4) is 0 Å². The molecule has 0 unspecified atom stereocenters. The summed E-state index contributed by atoms with van der Waals surface area (Å²) in [5.74, 6) is -0.630. The highest BCUT2D eigenvalue weighted by Gasteiger charge is 2.42. The van der Waals surface area contributed by atoms with Crippen molar-refractivity contribution in [2.75, 3.05) is 27.0 Å². The van der Waals surface area contributed by atoms with E-state index in [0.29, 0.717) is 70.4 Å². The molecule has 1 saturated carbocycles. The fourth-order valence-electron chi connectivity index (χ4n) is 7.94. The number of carbonyl (C=O) groups excluding carboxylic acids is 3. The summed E-state index contributed by atoms with van der Waals surface area (Å²) in [5, 5.41) is 15.9. The van der Waals surface area contributed by atoms with Crippen molar-refractivity contribution in [1.82, 2.24) is 25.6 Å². The summed E-state index contributed by atoms with van der Waals surface area (Å²) in [6.45, 7) is 7.36. The molecule has 0 radical (unpaired) electrons. The number of methoxy groups -OCH3 is 1. The third-order valence-corrected chi connectivity index (χ3v) is 11.4. The third-order valence-electron chi connectivity index (χ3n) is 11.4. The van der Waals surface area contributed by atoms with Crippen molar-refractivity contribution in [1.29, 1.82) is 0 Å². The van der Waals surface area contributed by atoms with Crippen LogP contribution in [-0.2, 0) is 32.0 Å². The predicted octanol–water partition coefficient (Wildman–Crippen LogP) is 7.18. The van der Waals surface area contributed by atoms with Crippen molar-refractivity contribution < 1.29 is 29.0 Å². The van der Waals surface area contributed by atoms with Crippen molar-refractivity contribution in [3.05, 3.63) is 66.0 Å². The molecule has 3 N–H and O–H groups in total. The molecule has 4 amide bonds. The second kappa shape index (κ2) is 22.7. The first-order valence-corrected chi connectivity index (χ1v) is 20.5. The van der Waals surface area contributed by atoms with Crippen LogP contribution in [0.15, 0.2) is 54.9 Å². The van der Waals surface area contributed by atoms with E-state index in [1.807, 2.05) is 56.3 Å². The van der Waals surface area contributed by atoms with E-state index in [1.165, 1.54) is 37.1 Å². The largest absolute Gasteiger partial charge is 0.393 e. The number of aliphatic hydroxyl groups is 1. The Labute approximate surface area is 323 Å². The number of urea groups is 1. The zero-order valence-corrected chi connectivity index (χ0v) is 33.3. The van der Waals surface area contributed by atoms with E-state index in [4.69, 9.17) is 9.47 Å². The Kier molecular flexibility index (Phi) is 18.2. The highest BCUT2D eigenvalue weighted by atomic mass is 16.7. The molecule has 11 heteroatoms. The average molecular weight is 750 g/mol. The second-order valence-corrected chi connectivity index (χ2v) is 15.9. The first kappa shape index (κ1) is 43.2. The van der Waals surface area contributed by atoms with Gasteiger partial charge in [-0.2, -0.15) is 0 Å². The lowest BCUT2D eigenvalue weighted by Gasteiger charge is -2.40. The van der Waals surface area contributed by atoms with Gasteiger partial charge in [0.15, 0.2) is 0 Å². The first-order valence-electron chi connectivity index (χ1n) is 20.5. The van der Waals surface area contributed by atoms with Gasteiger partial charge in [0.2, 0.25) is 5.91 Å². The molecular weight excluding hydrogens is 683 g/mol. The van der Waals surface area contributed by atoms with Gasteiger partial charge in [-0.15, -0.1) is 0 Å². The number of nitrogens with one attached hydrogen (secondary N) is 2. The van der Waals surface area contributed by atoms with Crippen LogP contribution in [-0.4, -0.2) is 82.6 Å². The molecule has 2 aromatic rings. The van der Waals surface area contributed by atoms with Gasteiger partial charge in [0, 0.05) is 38.5 Å². The molecule has 2 aliphatic rings. The van der Waals surface area contributed by atoms with Gasteiger partial charge in [-0.05, 0) is 80.4 Å². The molecule has 1 aromatic heterocycles. The number of hydrogen-bond donors (Lipinski definition) is 3. The SMILES string of the molecule is CCCC[C@](CCc1ccccc1)(NC(=O)N1CCC(OCOC)CC1)C(=O)NN(Cc1cccnc1)C(=O)[C@@H](C[C@@H](O)CCC1CCCCC1)C(C)C. The number of ether oxygens (including phenoxy) is 2. The summed E-state index contributed by atoms with van der Waals surface area (Å²) in [4.78, 5) is 49.7. The van der Waals surface area contributed by atoms with Crippen LogP contribution in [0.5, 0.6) is 0 Å². The number of rotatable bonds is 20. The lowest BCUT2D eigenvalue weighted by atomic mass is 9.83. The van der Waals surface area contributed by atoms with Crippen LogP contribution in [0.3, 0.4) is 0 Å². The molecule has 3 atom stereocenters. The van der Waals surface area contributed by atoms with E-state index in [-0.39, 0.29) is 37.3 Å². The number of unbranched alkanes of at least 4 members (excludes halogenated alkanes) is 1. The lowest BCUT2D eigenvalue weighted by molar-refractivity contribution is -0.150. The minimum absolute atomic E-state index is 0.00644. The van der Waals surface area contributed by atoms with E-state index >= 15 is 0 Å². The standard InChI is InChI=1S/C43H67N5O6/c1-5-6-24-43(25-21-35-16-11-8-12-17-35,45-42(52)47-27-22-38(23-28-47)54-32-53-4)41(51)46-48(31-36-18-13-26-44-30-36)40(50)39(33(2)3)29-37(49)20-19-34-14-9-7-10-15-34/h8,11-13,16-18,26,30,33-34,37-39,49H,5-7,9-10,14-15,19-25,27-29,31-32H2,1-4H3,(H,45,52)(H,46,51)/t37-,39-,43+/m0/s1. The van der Waals surface area contributed by atoms with Crippen LogP contribution in [0.25, 0.3) is 0 Å². The van der Waals surface area contributed by atoms with Crippen molar-refractivity contribution in [2.24, 2.45) is 17.8 Å². The molecule has 11 nitrogen and oxygen atoms in total. The van der Waals surface area contributed by atoms with Crippen LogP contribution in [0.2, 0.25) is 0 Å². The average Bonchev–Trinajstić information content (AvgIpc) is 3.20. The Morgan fingerprint density at radius 2 is 1.72 bits per heavy atom. The number of nitrogens with zero attached hydrogens (tertiary/aromatic N) is 3. The lowest BCUT2D eigenvalue weighted by Crippen LogP contribution is -2.65. The van der Waals surface area contributed by atoms with E-state index < -0.39 is 23.5 Å². The highest BCUT2D eigenvalue weighted by molar-refractivity contribution is 5.92. The predicted molar refractivity (Wildman–Crippen MR) is 211 cm³/mol. The number of pyridine rings is 1. The van der Waals surface area contributed by atoms with Gasteiger partial charge >= 0.3 is 6.03 Å². The summed E-state index contributed by atoms with van der Waals surface area (Å²) in [6, 6.07) is 13.4. The first-order chi connectivity index (χ1) is 26.1. The highest BCUT2D eigenvalue weighted by Crippen LogP contribution is 2.30. The zero-order chi connectivity index (χ0) is 38.8. The maximum absolute atomic E-state index is 14.9. The number of carbonyl (C=O) groups is 3. The number of aliphatic hydroxyl groups excluding tert-OH is 1. The van der Waals surface area contributed by atoms with Crippen molar-refractivity contribution >= 4 is 17.8 Å². The monoisotopic (exact) mass is 750 g/mol. The summed E-state index contributed by atoms with van der Waals surface area (Å²) < 4.78 is 10.8. The van der Waals surface area contributed by atoms with E-state index in [9.17, 15) is 19.5 Å². The minimum Gasteiger partial charge on any atom is -0.393 e. The summed E-state index contributed by atoms with van der Waals surface area (Å²) >= 11 is 0. The van der Waals surface area contributed by atoms with Gasteiger partial charge < -0.3 is 24.8 Å². The quantitative estimate of drug-likeness (QED) is 0.0965. The smallest absolute Gasteiger partial charge is 0.318 e. The van der Waals surface area contributed by atoms with Gasteiger partial charge in [0.1, 0.15) is 12.3 Å². The maximum atomic E-state index is 14.9. The molecule has 54 heavy (non-hydrogen) atoms. The summed E-state index contributed by atoms with van der Waals surface area (Å²) in [5.41, 5.74) is 3.57. The topological polar surface area (TPSA) is 133 Å². The second-order valence-electron chi connectivity index (χ2n) is 15.9. The maximum Gasteiger partial charge on any atom is 0.318 e. The van der Waals surface area contributed by atoms with Gasteiger partial charge in [-0.3, -0.25) is 20.0 Å². The fraction of sp³-hybridized carbons (Fsp3) is 0.674. The van der Waals surface area contributed by atoms with E-state index in [2.05, 4.69) is 22.7 Å². The zero-order valence-electron chi connectivity index (χ0n) is 33.3. The number of benzene rings is 1. The number of aromatic nitrogens is 1. The number of hydrazine groups is 1. The molecule has 2 fully saturated rings. The number of hydrogen-bond acceptors (Lipinski definition) is 7. The Morgan fingerprint density at radius 3 is 2.37 bits per heavy atom. The van der Waals surface area contributed by atoms with Crippen molar-refractivity contribution in [3.63, 3.8) is 0 Å². The minimum atomic E-state index is -1.30. The molecule has 2 heterocycles. The van der Waals surface area contributed by atoms with E-state index in [1.54, 1.807) is 24.4 Å². The van der Waals surface area contributed by atoms with Crippen LogP contribution >= 0.6 is 0 Å². The molecule has 1 aliphatic carbocycles. The molecule has 1 aromatic carbocycles. The molecule has 1 aliphatic heterocycles. The van der Waals surface area contributed by atoms with Gasteiger partial charge in [0.25, 0.3) is 5.91 Å². The number of aryl methyl sites for hydroxylation is 1. The molecule has 1 saturated heterocycles. The molecule has 0 bridgehead atoms. The number of piperidine rings is 1. The van der Waals surface area contributed by atoms with Gasteiger partial charge in [0.05, 0.1) is 18.8 Å². The molecule has 4 rings (SSSR count). The van der Waals surface area contributed by atoms with Crippen LogP contribution in [0.4, 0.5) is 4.79 Å². The Bertz CT molecular complexity index is 1380. The summed E-state index contributed by atoms with van der Waals surface area (Å²) in [6.07, 6.45) is 15.1. The summed E-state index contributed by atoms with van der Waals surface area (Å²) in [7, 11) is 1.59. The number of likely N-dealkylation sites (tertiary alicyclic amines) is 1. The van der Waals surface area contributed by atoms with E-state index in [0.717, 1.165) is 24.0 Å².